The molecule has 1 saturated carbocycles. The van der Waals surface area contributed by atoms with Gasteiger partial charge in [0.2, 0.25) is 0 Å². The van der Waals surface area contributed by atoms with Crippen molar-refractivity contribution < 1.29 is 4.79 Å². The van der Waals surface area contributed by atoms with Gasteiger partial charge in [0.25, 0.3) is 5.91 Å². The first-order valence-electron chi connectivity index (χ1n) is 6.15. The average Bonchev–Trinajstić information content (AvgIpc) is 2.18. The smallest absolute Gasteiger partial charge is 0.251 e. The summed E-state index contributed by atoms with van der Waals surface area (Å²) >= 11 is 3.40. The molecule has 0 bridgehead atoms. The lowest BCUT2D eigenvalue weighted by molar-refractivity contribution is 0.0908. The van der Waals surface area contributed by atoms with E-state index in [0.29, 0.717) is 5.92 Å². The molecule has 1 amide bonds. The molecular formula is C14H18BrNO. The summed E-state index contributed by atoms with van der Waals surface area (Å²) in [5, 5.41) is 3.11. The first kappa shape index (κ1) is 12.6. The Balaban J connectivity index is 2.05. The molecule has 0 saturated heterocycles. The minimum Gasteiger partial charge on any atom is -0.349 e. The molecule has 1 aromatic carbocycles. The molecule has 2 rings (SSSR count). The van der Waals surface area contributed by atoms with E-state index in [9.17, 15) is 4.79 Å². The minimum absolute atomic E-state index is 0.0446. The third-order valence-electron chi connectivity index (χ3n) is 3.66. The summed E-state index contributed by atoms with van der Waals surface area (Å²) in [7, 11) is 0. The van der Waals surface area contributed by atoms with E-state index in [2.05, 4.69) is 28.2 Å². The first-order valence-corrected chi connectivity index (χ1v) is 6.94. The summed E-state index contributed by atoms with van der Waals surface area (Å²) in [6.45, 7) is 4.07. The summed E-state index contributed by atoms with van der Waals surface area (Å²) in [4.78, 5) is 12.1. The zero-order valence-corrected chi connectivity index (χ0v) is 11.9. The third-order valence-corrected chi connectivity index (χ3v) is 4.15. The van der Waals surface area contributed by atoms with Crippen LogP contribution in [0, 0.1) is 12.8 Å². The molecule has 0 aliphatic heterocycles. The van der Waals surface area contributed by atoms with Crippen molar-refractivity contribution in [3.8, 4) is 0 Å². The SMILES string of the molecule is Cc1ccc(Br)cc1C(=O)NC(C)C1CCC1. The van der Waals surface area contributed by atoms with E-state index in [1.807, 2.05) is 25.1 Å². The second kappa shape index (κ2) is 5.21. The van der Waals surface area contributed by atoms with Gasteiger partial charge in [-0.2, -0.15) is 0 Å². The third kappa shape index (κ3) is 2.89. The van der Waals surface area contributed by atoms with Crippen molar-refractivity contribution in [3.05, 3.63) is 33.8 Å². The van der Waals surface area contributed by atoms with E-state index in [4.69, 9.17) is 0 Å². The minimum atomic E-state index is 0.0446. The van der Waals surface area contributed by atoms with Gasteiger partial charge in [-0.15, -0.1) is 0 Å². The highest BCUT2D eigenvalue weighted by Gasteiger charge is 2.25. The molecule has 0 heterocycles. The average molecular weight is 296 g/mol. The molecule has 0 spiro atoms. The van der Waals surface area contributed by atoms with Crippen LogP contribution in [0.5, 0.6) is 0 Å². The number of nitrogens with one attached hydrogen (secondary N) is 1. The predicted octanol–water partition coefficient (Wildman–Crippen LogP) is 3.68. The van der Waals surface area contributed by atoms with Crippen molar-refractivity contribution in [3.63, 3.8) is 0 Å². The lowest BCUT2D eigenvalue weighted by atomic mass is 9.80. The van der Waals surface area contributed by atoms with E-state index in [-0.39, 0.29) is 11.9 Å². The molecule has 1 fully saturated rings. The van der Waals surface area contributed by atoms with Crippen LogP contribution < -0.4 is 5.32 Å². The van der Waals surface area contributed by atoms with Crippen molar-refractivity contribution in [2.24, 2.45) is 5.92 Å². The topological polar surface area (TPSA) is 29.1 Å². The summed E-state index contributed by atoms with van der Waals surface area (Å²) in [5.74, 6) is 0.717. The summed E-state index contributed by atoms with van der Waals surface area (Å²) in [6.07, 6.45) is 3.80. The van der Waals surface area contributed by atoms with Gasteiger partial charge >= 0.3 is 0 Å². The quantitative estimate of drug-likeness (QED) is 0.906. The van der Waals surface area contributed by atoms with Crippen LogP contribution in [-0.2, 0) is 0 Å². The number of hydrogen-bond donors (Lipinski definition) is 1. The van der Waals surface area contributed by atoms with E-state index in [1.54, 1.807) is 0 Å². The fourth-order valence-corrected chi connectivity index (χ4v) is 2.54. The molecule has 1 atom stereocenters. The van der Waals surface area contributed by atoms with Gasteiger partial charge in [-0.25, -0.2) is 0 Å². The van der Waals surface area contributed by atoms with Gasteiger partial charge < -0.3 is 5.32 Å². The van der Waals surface area contributed by atoms with Gasteiger partial charge in [0.05, 0.1) is 0 Å². The first-order chi connectivity index (χ1) is 8.08. The van der Waals surface area contributed by atoms with Crippen LogP contribution in [0.3, 0.4) is 0 Å². The molecular weight excluding hydrogens is 278 g/mol. The van der Waals surface area contributed by atoms with Crippen LogP contribution in [0.25, 0.3) is 0 Å². The van der Waals surface area contributed by atoms with E-state index >= 15 is 0 Å². The Morgan fingerprint density at radius 2 is 2.18 bits per heavy atom. The Bertz CT molecular complexity index is 426. The summed E-state index contributed by atoms with van der Waals surface area (Å²) in [6, 6.07) is 6.10. The highest BCUT2D eigenvalue weighted by atomic mass is 79.9. The van der Waals surface area contributed by atoms with Crippen molar-refractivity contribution in [2.45, 2.75) is 39.2 Å². The number of aryl methyl sites for hydroxylation is 1. The van der Waals surface area contributed by atoms with E-state index in [0.717, 1.165) is 15.6 Å². The van der Waals surface area contributed by atoms with Gasteiger partial charge in [0, 0.05) is 16.1 Å². The number of amides is 1. The largest absolute Gasteiger partial charge is 0.349 e. The molecule has 1 aliphatic rings. The van der Waals surface area contributed by atoms with E-state index in [1.165, 1.54) is 19.3 Å². The monoisotopic (exact) mass is 295 g/mol. The number of carbonyl (C=O) groups excluding carboxylic acids is 1. The van der Waals surface area contributed by atoms with Crippen LogP contribution in [0.2, 0.25) is 0 Å². The highest BCUT2D eigenvalue weighted by Crippen LogP contribution is 2.29. The molecule has 1 unspecified atom stereocenters. The zero-order valence-electron chi connectivity index (χ0n) is 10.3. The maximum Gasteiger partial charge on any atom is 0.251 e. The summed E-state index contributed by atoms with van der Waals surface area (Å²) < 4.78 is 0.949. The predicted molar refractivity (Wildman–Crippen MR) is 73.1 cm³/mol. The second-order valence-corrected chi connectivity index (χ2v) is 5.83. The van der Waals surface area contributed by atoms with Gasteiger partial charge in [-0.05, 0) is 50.3 Å². The molecule has 1 aliphatic carbocycles. The Morgan fingerprint density at radius 3 is 2.76 bits per heavy atom. The zero-order chi connectivity index (χ0) is 12.4. The number of hydrogen-bond acceptors (Lipinski definition) is 1. The molecule has 17 heavy (non-hydrogen) atoms. The Kier molecular flexibility index (Phi) is 3.87. The molecule has 2 nitrogen and oxygen atoms in total. The molecule has 0 aromatic heterocycles. The van der Waals surface area contributed by atoms with Gasteiger partial charge in [0.1, 0.15) is 0 Å². The number of rotatable bonds is 3. The number of carbonyl (C=O) groups is 1. The Morgan fingerprint density at radius 1 is 1.47 bits per heavy atom. The van der Waals surface area contributed by atoms with Crippen LogP contribution in [-0.4, -0.2) is 11.9 Å². The number of halogens is 1. The normalized spacial score (nSPS) is 17.4. The summed E-state index contributed by atoms with van der Waals surface area (Å²) in [5.41, 5.74) is 1.79. The van der Waals surface area contributed by atoms with Crippen molar-refractivity contribution in [2.75, 3.05) is 0 Å². The molecule has 1 aromatic rings. The van der Waals surface area contributed by atoms with Gasteiger partial charge in [-0.1, -0.05) is 28.4 Å². The fourth-order valence-electron chi connectivity index (χ4n) is 2.18. The Hall–Kier alpha value is -0.830. The van der Waals surface area contributed by atoms with Gasteiger partial charge in [-0.3, -0.25) is 4.79 Å². The van der Waals surface area contributed by atoms with Crippen LogP contribution in [0.1, 0.15) is 42.1 Å². The highest BCUT2D eigenvalue weighted by molar-refractivity contribution is 9.10. The number of benzene rings is 1. The van der Waals surface area contributed by atoms with Gasteiger partial charge in [0.15, 0.2) is 0 Å². The standard InChI is InChI=1S/C14H18BrNO/c1-9-6-7-12(15)8-13(9)14(17)16-10(2)11-4-3-5-11/h6-8,10-11H,3-5H2,1-2H3,(H,16,17). The van der Waals surface area contributed by atoms with E-state index < -0.39 is 0 Å². The lowest BCUT2D eigenvalue weighted by Crippen LogP contribution is -2.40. The molecule has 1 N–H and O–H groups in total. The van der Waals surface area contributed by atoms with Crippen molar-refractivity contribution in [1.29, 1.82) is 0 Å². The second-order valence-electron chi connectivity index (χ2n) is 4.91. The van der Waals surface area contributed by atoms with Crippen molar-refractivity contribution >= 4 is 21.8 Å². The molecule has 0 radical (unpaired) electrons. The maximum atomic E-state index is 12.1. The van der Waals surface area contributed by atoms with Crippen molar-refractivity contribution in [1.82, 2.24) is 5.32 Å². The lowest BCUT2D eigenvalue weighted by Gasteiger charge is -2.32. The maximum absolute atomic E-state index is 12.1. The molecule has 92 valence electrons. The Labute approximate surface area is 111 Å². The van der Waals surface area contributed by atoms with Crippen LogP contribution in [0.4, 0.5) is 0 Å². The van der Waals surface area contributed by atoms with Crippen LogP contribution >= 0.6 is 15.9 Å². The fraction of sp³-hybridized carbons (Fsp3) is 0.500. The molecule has 3 heteroatoms. The van der Waals surface area contributed by atoms with Crippen LogP contribution in [0.15, 0.2) is 22.7 Å².